The molecule has 14 aromatic rings. The van der Waals surface area contributed by atoms with Gasteiger partial charge in [0.15, 0.2) is 34.0 Å². The maximum absolute atomic E-state index is 8.74. The zero-order valence-corrected chi connectivity index (χ0v) is 56.2. The van der Waals surface area contributed by atoms with Gasteiger partial charge >= 0.3 is 0 Å². The molecule has 0 spiro atoms. The summed E-state index contributed by atoms with van der Waals surface area (Å²) >= 11 is 0. The second kappa shape index (κ2) is 24.0. The minimum absolute atomic E-state index is 0.211. The van der Waals surface area contributed by atoms with Crippen molar-refractivity contribution in [1.29, 1.82) is 0 Å². The summed E-state index contributed by atoms with van der Waals surface area (Å²) in [6.45, 7) is 20.1. The van der Waals surface area contributed by atoms with E-state index in [0.717, 1.165) is 93.7 Å². The first-order valence-electron chi connectivity index (χ1n) is 34.7. The number of aryl methyl sites for hydroxylation is 4. The number of nitrogens with zero attached hydrogens (tertiary/aromatic N) is 13. The number of benzene rings is 6. The predicted octanol–water partition coefficient (Wildman–Crippen LogP) is 19.1. The van der Waals surface area contributed by atoms with Gasteiger partial charge in [-0.1, -0.05) is 78.9 Å². The highest BCUT2D eigenvalue weighted by Crippen LogP contribution is 2.50. The smallest absolute Gasteiger partial charge is 0.227 e. The van der Waals surface area contributed by atoms with Crippen LogP contribution < -0.4 is 29.4 Å². The Bertz CT molecular complexity index is 5560. The number of hydrogen-bond acceptors (Lipinski definition) is 17. The van der Waals surface area contributed by atoms with Crippen molar-refractivity contribution in [3.8, 4) is 0 Å². The Kier molecular flexibility index (Phi) is 14.1. The summed E-state index contributed by atoms with van der Waals surface area (Å²) in [6, 6.07) is 43.9. The maximum atomic E-state index is 8.74. The normalized spacial score (nSPS) is 18.8. The number of furan rings is 4. The van der Waals surface area contributed by atoms with Crippen molar-refractivity contribution >= 4 is 134 Å². The summed E-state index contributed by atoms with van der Waals surface area (Å²) in [7, 11) is 4.22. The first kappa shape index (κ1) is 56.5. The zero-order valence-electron chi connectivity index (χ0n) is 60.2. The molecule has 0 fully saturated rings. The third-order valence-electron chi connectivity index (χ3n) is 19.5. The van der Waals surface area contributed by atoms with Crippen molar-refractivity contribution in [1.82, 2.24) is 34.7 Å². The summed E-state index contributed by atoms with van der Waals surface area (Å²) in [5.41, 5.74) is 17.5. The van der Waals surface area contributed by atoms with Gasteiger partial charge in [0.25, 0.3) is 0 Å². The quantitative estimate of drug-likeness (QED) is 0.156. The van der Waals surface area contributed by atoms with Crippen LogP contribution in [0, 0.1) is 27.7 Å². The molecule has 5 atom stereocenters. The fraction of sp³-hybridized carbons (Fsp3) is 0.253. The molecule has 0 N–H and O–H groups in total. The molecular weight excluding hydrogens is 1190 g/mol. The van der Waals surface area contributed by atoms with Gasteiger partial charge in [0, 0.05) is 129 Å². The number of fused-ring (bicyclic) bond motifs is 14. The van der Waals surface area contributed by atoms with Crippen LogP contribution in [0.1, 0.15) is 83.1 Å². The molecule has 0 amide bonds. The second-order valence-corrected chi connectivity index (χ2v) is 25.5. The minimum Gasteiger partial charge on any atom is -0.454 e. The molecule has 484 valence electrons. The number of hydrogen-bond donors (Lipinski definition) is 0. The summed E-state index contributed by atoms with van der Waals surface area (Å²) in [5.74, 6) is 0.880. The Labute approximate surface area is 564 Å². The molecule has 8 aromatic heterocycles. The van der Waals surface area contributed by atoms with Crippen molar-refractivity contribution < 1.29 is 23.2 Å². The van der Waals surface area contributed by atoms with E-state index in [2.05, 4.69) is 227 Å². The Balaban J connectivity index is 0.000000109. The molecule has 0 bridgehead atoms. The Morgan fingerprint density at radius 1 is 0.406 bits per heavy atom. The molecule has 18 rings (SSSR count). The summed E-state index contributed by atoms with van der Waals surface area (Å²) in [6.07, 6.45) is 17.1. The van der Waals surface area contributed by atoms with Crippen LogP contribution in [0.2, 0.25) is 0 Å². The van der Waals surface area contributed by atoms with Gasteiger partial charge in [-0.3, -0.25) is 4.90 Å². The van der Waals surface area contributed by atoms with Gasteiger partial charge in [-0.05, 0) is 160 Å². The predicted molar refractivity (Wildman–Crippen MR) is 392 cm³/mol. The van der Waals surface area contributed by atoms with Crippen LogP contribution >= 0.6 is 0 Å². The van der Waals surface area contributed by atoms with Crippen LogP contribution in [0.5, 0.6) is 0 Å². The van der Waals surface area contributed by atoms with Crippen LogP contribution in [0.15, 0.2) is 207 Å². The van der Waals surface area contributed by atoms with Crippen LogP contribution in [0.3, 0.4) is 0 Å². The van der Waals surface area contributed by atoms with Crippen LogP contribution in [-0.4, -0.2) is 85.5 Å². The standard InChI is InChI=1S/C22H22N4O.C21H19N3O.C19H21N3O.C17H17N3O/c1-13(2)25-15(4)26(22-21(25)23-11-12-24-22)19-14(3)9-10-17-16-7-5-6-8-18(16)27-20(17)19;1-13-10-11-15-16-7-6-12-22-21(16)25-20(15)19(13)24-14(2)23(3)17-8-4-5-9-18(17)24;1-12(2)21-10-11-22(14(21)4)17-13(3)7-8-15-16-6-5-9-20-19(16)23-18(15)17;1-11-6-7-13-14-5-4-8-18-17(14)21-16(13)15(11)20-10-9-19(3)12(20)2/h5-13,15H,1-4H3;4-12,14H,1-3H3;5-12,14H,1-4H3;4-10,12H,1-3H3/i1D3,13D;;;. The van der Waals surface area contributed by atoms with Gasteiger partial charge in [0.1, 0.15) is 30.2 Å². The van der Waals surface area contributed by atoms with E-state index in [-0.39, 0.29) is 18.5 Å². The van der Waals surface area contributed by atoms with Crippen LogP contribution in [0.4, 0.5) is 45.8 Å². The SMILES string of the molecule is Cc1ccc2c(oc3ncccc32)c1N1C=CN(C(C)C)C1C.Cc1ccc2c(oc3ncccc32)c1N1C=CN(C)C1C.Cc1ccc2c(oc3ncccc32)c1N1c2ccccc2N(C)C1C.[2H]C([2H])([2H])C([2H])(C)N1c2nccnc2N(c2c(C)ccc3c2oc2ccccc23)C1C. The Morgan fingerprint density at radius 2 is 0.854 bits per heavy atom. The highest BCUT2D eigenvalue weighted by atomic mass is 16.4. The topological polar surface area (TPSA) is 143 Å². The molecule has 12 heterocycles. The number of aromatic nitrogens is 5. The summed E-state index contributed by atoms with van der Waals surface area (Å²) < 4.78 is 57.3. The molecule has 4 aliphatic heterocycles. The lowest BCUT2D eigenvalue weighted by atomic mass is 10.1. The minimum atomic E-state index is -2.55. The molecule has 0 saturated heterocycles. The van der Waals surface area contributed by atoms with Crippen molar-refractivity contribution in [2.75, 3.05) is 43.5 Å². The molecule has 17 nitrogen and oxygen atoms in total. The fourth-order valence-corrected chi connectivity index (χ4v) is 14.4. The Hall–Kier alpha value is -11.1. The number of para-hydroxylation sites is 3. The third-order valence-corrected chi connectivity index (χ3v) is 19.5. The van der Waals surface area contributed by atoms with E-state index in [1.807, 2.05) is 73.3 Å². The average molecular weight is 1280 g/mol. The molecular formula is C79H79N13O4. The van der Waals surface area contributed by atoms with Crippen molar-refractivity contribution in [2.24, 2.45) is 0 Å². The van der Waals surface area contributed by atoms with Crippen molar-refractivity contribution in [3.05, 3.63) is 211 Å². The van der Waals surface area contributed by atoms with E-state index in [0.29, 0.717) is 40.4 Å². The van der Waals surface area contributed by atoms with E-state index in [4.69, 9.17) is 23.2 Å². The largest absolute Gasteiger partial charge is 0.454 e. The fourth-order valence-electron chi connectivity index (χ4n) is 14.4. The van der Waals surface area contributed by atoms with E-state index >= 15 is 0 Å². The van der Waals surface area contributed by atoms with Crippen molar-refractivity contribution in [2.45, 2.75) is 120 Å². The monoisotopic (exact) mass is 1280 g/mol. The highest BCUT2D eigenvalue weighted by Gasteiger charge is 2.40. The highest BCUT2D eigenvalue weighted by molar-refractivity contribution is 6.13. The van der Waals surface area contributed by atoms with E-state index in [1.165, 1.54) is 46.1 Å². The Morgan fingerprint density at radius 3 is 1.38 bits per heavy atom. The molecule has 0 saturated carbocycles. The summed E-state index contributed by atoms with van der Waals surface area (Å²) in [5, 5.41) is 8.53. The average Bonchev–Trinajstić information content (AvgIpc) is 1.57. The molecule has 4 aliphatic rings. The van der Waals surface area contributed by atoms with E-state index < -0.39 is 19.0 Å². The molecule has 0 radical (unpaired) electrons. The first-order valence-corrected chi connectivity index (χ1v) is 32.7. The zero-order chi connectivity index (χ0) is 70.0. The summed E-state index contributed by atoms with van der Waals surface area (Å²) in [4.78, 5) is 39.2. The molecule has 96 heavy (non-hydrogen) atoms. The van der Waals surface area contributed by atoms with Gasteiger partial charge in [0.05, 0.1) is 35.5 Å². The first-order chi connectivity index (χ1) is 48.0. The van der Waals surface area contributed by atoms with Crippen LogP contribution in [0.25, 0.3) is 88.1 Å². The van der Waals surface area contributed by atoms with E-state index in [1.54, 1.807) is 24.8 Å². The van der Waals surface area contributed by atoms with Gasteiger partial charge in [-0.25, -0.2) is 24.9 Å². The van der Waals surface area contributed by atoms with E-state index in [9.17, 15) is 0 Å². The molecule has 6 aromatic carbocycles. The van der Waals surface area contributed by atoms with Gasteiger partial charge in [0.2, 0.25) is 17.1 Å². The lowest BCUT2D eigenvalue weighted by Gasteiger charge is -2.33. The molecule has 17 heteroatoms. The van der Waals surface area contributed by atoms with Gasteiger partial charge in [-0.15, -0.1) is 0 Å². The van der Waals surface area contributed by atoms with Gasteiger partial charge in [-0.2, -0.15) is 0 Å². The number of anilines is 8. The number of rotatable bonds is 6. The lowest BCUT2D eigenvalue weighted by Crippen LogP contribution is -2.42. The third kappa shape index (κ3) is 9.92. The number of pyridine rings is 3. The second-order valence-electron chi connectivity index (χ2n) is 25.5. The van der Waals surface area contributed by atoms with Crippen LogP contribution in [-0.2, 0) is 0 Å². The maximum Gasteiger partial charge on any atom is 0.227 e. The van der Waals surface area contributed by atoms with Gasteiger partial charge < -0.3 is 52.0 Å². The lowest BCUT2D eigenvalue weighted by molar-refractivity contribution is 0.263. The molecule has 0 aliphatic carbocycles. The van der Waals surface area contributed by atoms with Crippen molar-refractivity contribution in [3.63, 3.8) is 0 Å². The molecule has 5 unspecified atom stereocenters.